The molecule has 0 atom stereocenters. The SMILES string of the molecule is Cc1c(-c2ccc(N(c3ccc(-c4ccccc4)cc3)c3ccc4c(c3)-c3ccccc3C4(C)C)cc2)nn2c(-c3ccccc3)cc3ccccc3c12. The van der Waals surface area contributed by atoms with E-state index in [1.54, 1.807) is 0 Å². The molecule has 0 bridgehead atoms. The van der Waals surface area contributed by atoms with Crippen molar-refractivity contribution in [1.82, 2.24) is 9.61 Å². The summed E-state index contributed by atoms with van der Waals surface area (Å²) in [5, 5.41) is 7.73. The lowest BCUT2D eigenvalue weighted by Gasteiger charge is -2.27. The van der Waals surface area contributed by atoms with Gasteiger partial charge in [-0.25, -0.2) is 4.52 Å². The number of benzene rings is 7. The average molecular weight is 694 g/mol. The first-order valence-electron chi connectivity index (χ1n) is 18.7. The Kier molecular flexibility index (Phi) is 7.38. The van der Waals surface area contributed by atoms with Crippen molar-refractivity contribution in [1.29, 1.82) is 0 Å². The maximum Gasteiger partial charge on any atom is 0.0963 e. The number of fused-ring (bicyclic) bond motifs is 6. The Morgan fingerprint density at radius 2 is 1.04 bits per heavy atom. The summed E-state index contributed by atoms with van der Waals surface area (Å²) in [6, 6.07) is 65.8. The minimum atomic E-state index is -0.0497. The lowest BCUT2D eigenvalue weighted by Crippen LogP contribution is -2.15. The molecule has 0 aliphatic heterocycles. The van der Waals surface area contributed by atoms with Gasteiger partial charge in [0.2, 0.25) is 0 Å². The van der Waals surface area contributed by atoms with E-state index >= 15 is 0 Å². The van der Waals surface area contributed by atoms with Gasteiger partial charge in [0.1, 0.15) is 0 Å². The smallest absolute Gasteiger partial charge is 0.0963 e. The zero-order valence-electron chi connectivity index (χ0n) is 30.7. The van der Waals surface area contributed by atoms with E-state index in [0.717, 1.165) is 45.1 Å². The second-order valence-corrected chi connectivity index (χ2v) is 14.9. The van der Waals surface area contributed by atoms with E-state index < -0.39 is 0 Å². The maximum absolute atomic E-state index is 5.32. The molecule has 3 heteroatoms. The van der Waals surface area contributed by atoms with Gasteiger partial charge in [-0.15, -0.1) is 0 Å². The first-order valence-corrected chi connectivity index (χ1v) is 18.7. The van der Waals surface area contributed by atoms with Crippen LogP contribution in [0.5, 0.6) is 0 Å². The van der Waals surface area contributed by atoms with Crippen molar-refractivity contribution in [2.75, 3.05) is 4.90 Å². The van der Waals surface area contributed by atoms with Crippen LogP contribution in [-0.4, -0.2) is 9.61 Å². The van der Waals surface area contributed by atoms with Crippen LogP contribution in [0.1, 0.15) is 30.5 Å². The molecule has 258 valence electrons. The summed E-state index contributed by atoms with van der Waals surface area (Å²) in [5.41, 5.74) is 17.7. The summed E-state index contributed by atoms with van der Waals surface area (Å²) < 4.78 is 2.14. The third-order valence-corrected chi connectivity index (χ3v) is 11.4. The molecule has 0 unspecified atom stereocenters. The van der Waals surface area contributed by atoms with E-state index in [9.17, 15) is 0 Å². The molecule has 54 heavy (non-hydrogen) atoms. The molecule has 3 nitrogen and oxygen atoms in total. The predicted molar refractivity (Wildman–Crippen MR) is 226 cm³/mol. The van der Waals surface area contributed by atoms with Crippen LogP contribution in [0.4, 0.5) is 17.1 Å². The van der Waals surface area contributed by atoms with Gasteiger partial charge >= 0.3 is 0 Å². The fourth-order valence-electron chi connectivity index (χ4n) is 8.62. The van der Waals surface area contributed by atoms with Crippen LogP contribution in [0.2, 0.25) is 0 Å². The summed E-state index contributed by atoms with van der Waals surface area (Å²) in [6.07, 6.45) is 0. The van der Waals surface area contributed by atoms with Crippen LogP contribution < -0.4 is 4.90 Å². The van der Waals surface area contributed by atoms with Gasteiger partial charge in [-0.3, -0.25) is 0 Å². The highest BCUT2D eigenvalue weighted by atomic mass is 15.2. The van der Waals surface area contributed by atoms with Crippen LogP contribution >= 0.6 is 0 Å². The number of hydrogen-bond acceptors (Lipinski definition) is 2. The largest absolute Gasteiger partial charge is 0.310 e. The fraction of sp³-hybridized carbons (Fsp3) is 0.0784. The monoisotopic (exact) mass is 693 g/mol. The number of pyridine rings is 1. The van der Waals surface area contributed by atoms with E-state index in [1.165, 1.54) is 49.7 Å². The van der Waals surface area contributed by atoms with Crippen LogP contribution in [0.3, 0.4) is 0 Å². The number of aromatic nitrogens is 2. The van der Waals surface area contributed by atoms with E-state index in [2.05, 4.69) is 212 Å². The van der Waals surface area contributed by atoms with Crippen molar-refractivity contribution in [2.45, 2.75) is 26.2 Å². The van der Waals surface area contributed by atoms with Gasteiger partial charge in [-0.1, -0.05) is 153 Å². The third-order valence-electron chi connectivity index (χ3n) is 11.4. The Balaban J connectivity index is 1.10. The quantitative estimate of drug-likeness (QED) is 0.173. The molecular weight excluding hydrogens is 655 g/mol. The Bertz CT molecular complexity index is 2830. The summed E-state index contributed by atoms with van der Waals surface area (Å²) in [4.78, 5) is 2.38. The molecule has 2 aromatic heterocycles. The van der Waals surface area contributed by atoms with Gasteiger partial charge < -0.3 is 4.90 Å². The summed E-state index contributed by atoms with van der Waals surface area (Å²) in [6.45, 7) is 6.88. The second kappa shape index (κ2) is 12.5. The van der Waals surface area contributed by atoms with Gasteiger partial charge in [0.25, 0.3) is 0 Å². The van der Waals surface area contributed by atoms with Crippen molar-refractivity contribution in [3.05, 3.63) is 199 Å². The van der Waals surface area contributed by atoms with Crippen LogP contribution in [0, 0.1) is 6.92 Å². The van der Waals surface area contributed by atoms with Crippen molar-refractivity contribution in [3.8, 4) is 44.8 Å². The lowest BCUT2D eigenvalue weighted by atomic mass is 9.82. The third kappa shape index (κ3) is 5.08. The van der Waals surface area contributed by atoms with Crippen LogP contribution in [0.15, 0.2) is 182 Å². The highest BCUT2D eigenvalue weighted by Crippen LogP contribution is 2.50. The number of aryl methyl sites for hydroxylation is 1. The van der Waals surface area contributed by atoms with Crippen molar-refractivity contribution in [2.24, 2.45) is 0 Å². The molecule has 0 N–H and O–H groups in total. The standard InChI is InChI=1S/C51H39N3/c1-34-49(52-54-48(37-16-8-5-9-17-37)32-39-18-10-11-19-43(39)50(34)54)38-24-28-41(29-25-38)53(40-26-22-36(23-27-40)35-14-6-4-7-15-35)42-30-31-47-45(33-42)44-20-12-13-21-46(44)51(47,2)3/h4-33H,1-3H3. The Morgan fingerprint density at radius 3 is 1.76 bits per heavy atom. The van der Waals surface area contributed by atoms with Gasteiger partial charge in [0.05, 0.1) is 16.9 Å². The predicted octanol–water partition coefficient (Wildman–Crippen LogP) is 13.6. The molecule has 0 radical (unpaired) electrons. The Labute approximate surface area is 316 Å². The summed E-state index contributed by atoms with van der Waals surface area (Å²) >= 11 is 0. The molecule has 0 spiro atoms. The Hall–Kier alpha value is -6.71. The van der Waals surface area contributed by atoms with Crippen molar-refractivity contribution < 1.29 is 0 Å². The molecule has 7 aromatic carbocycles. The number of nitrogens with zero attached hydrogens (tertiary/aromatic N) is 3. The highest BCUT2D eigenvalue weighted by molar-refractivity contribution is 6.01. The minimum Gasteiger partial charge on any atom is -0.310 e. The molecule has 0 amide bonds. The topological polar surface area (TPSA) is 20.5 Å². The van der Waals surface area contributed by atoms with Crippen LogP contribution in [-0.2, 0) is 5.41 Å². The first-order chi connectivity index (χ1) is 26.5. The molecule has 2 heterocycles. The zero-order chi connectivity index (χ0) is 36.4. The first kappa shape index (κ1) is 32.0. The highest BCUT2D eigenvalue weighted by Gasteiger charge is 2.35. The molecule has 1 aliphatic carbocycles. The lowest BCUT2D eigenvalue weighted by molar-refractivity contribution is 0.660. The Morgan fingerprint density at radius 1 is 0.481 bits per heavy atom. The summed E-state index contributed by atoms with van der Waals surface area (Å²) in [7, 11) is 0. The zero-order valence-corrected chi connectivity index (χ0v) is 30.7. The molecule has 1 aliphatic rings. The summed E-state index contributed by atoms with van der Waals surface area (Å²) in [5.74, 6) is 0. The molecule has 10 rings (SSSR count). The van der Waals surface area contributed by atoms with Gasteiger partial charge in [0, 0.05) is 44.6 Å². The van der Waals surface area contributed by atoms with Gasteiger partial charge in [-0.2, -0.15) is 5.10 Å². The second-order valence-electron chi connectivity index (χ2n) is 14.9. The van der Waals surface area contributed by atoms with E-state index in [1.807, 2.05) is 0 Å². The van der Waals surface area contributed by atoms with Gasteiger partial charge in [0.15, 0.2) is 0 Å². The molecule has 0 fully saturated rings. The molecular formula is C51H39N3. The average Bonchev–Trinajstić information content (AvgIpc) is 3.69. The van der Waals surface area contributed by atoms with E-state index in [0.29, 0.717) is 0 Å². The van der Waals surface area contributed by atoms with Crippen LogP contribution in [0.25, 0.3) is 61.1 Å². The van der Waals surface area contributed by atoms with Crippen molar-refractivity contribution in [3.63, 3.8) is 0 Å². The fourth-order valence-corrected chi connectivity index (χ4v) is 8.62. The molecule has 0 saturated heterocycles. The molecule has 0 saturated carbocycles. The number of rotatable bonds is 6. The normalized spacial score (nSPS) is 12.9. The van der Waals surface area contributed by atoms with E-state index in [-0.39, 0.29) is 5.41 Å². The molecule has 9 aromatic rings. The minimum absolute atomic E-state index is 0.0497. The maximum atomic E-state index is 5.32. The number of anilines is 3. The van der Waals surface area contributed by atoms with Crippen molar-refractivity contribution >= 4 is 33.4 Å². The number of hydrogen-bond donors (Lipinski definition) is 0. The van der Waals surface area contributed by atoms with Gasteiger partial charge in [-0.05, 0) is 88.2 Å². The van der Waals surface area contributed by atoms with E-state index in [4.69, 9.17) is 5.10 Å².